The molecule has 1 aromatic carbocycles. The molecule has 1 aliphatic rings. The van der Waals surface area contributed by atoms with Gasteiger partial charge in [-0.05, 0) is 24.6 Å². The molecule has 100 valence electrons. The van der Waals surface area contributed by atoms with Crippen molar-refractivity contribution in [3.63, 3.8) is 0 Å². The van der Waals surface area contributed by atoms with E-state index in [-0.39, 0.29) is 0 Å². The molecular formula is C13H15FN4O. The molecule has 0 atom stereocenters. The van der Waals surface area contributed by atoms with E-state index in [1.54, 1.807) is 17.0 Å². The molecule has 1 heterocycles. The van der Waals surface area contributed by atoms with Gasteiger partial charge in [0.1, 0.15) is 5.82 Å². The fourth-order valence-electron chi connectivity index (χ4n) is 2.21. The maximum atomic E-state index is 13.9. The highest BCUT2D eigenvalue weighted by Crippen LogP contribution is 2.21. The Morgan fingerprint density at radius 1 is 1.32 bits per heavy atom. The van der Waals surface area contributed by atoms with Gasteiger partial charge in [-0.15, -0.1) is 0 Å². The van der Waals surface area contributed by atoms with Gasteiger partial charge in [0.15, 0.2) is 0 Å². The number of carbonyl (C=O) groups excluding carboxylic acids is 1. The van der Waals surface area contributed by atoms with Gasteiger partial charge in [-0.3, -0.25) is 0 Å². The lowest BCUT2D eigenvalue weighted by Crippen LogP contribution is -2.38. The van der Waals surface area contributed by atoms with Crippen molar-refractivity contribution in [2.45, 2.75) is 6.42 Å². The number of hydrogen-bond donors (Lipinski definition) is 1. The minimum absolute atomic E-state index is 0.301. The van der Waals surface area contributed by atoms with E-state index in [0.29, 0.717) is 37.4 Å². The Balaban J connectivity index is 2.14. The molecule has 0 unspecified atom stereocenters. The molecule has 19 heavy (non-hydrogen) atoms. The molecule has 1 fully saturated rings. The second kappa shape index (κ2) is 5.57. The molecule has 1 aliphatic heterocycles. The standard InChI is InChI=1S/C13H15FN4O/c14-11-8-10(9-15)2-3-12(11)17-4-1-5-18(7-6-17)13(16)19/h2-3,8H,1,4-7H2,(H2,16,19). The van der Waals surface area contributed by atoms with Crippen LogP contribution in [0.5, 0.6) is 0 Å². The molecule has 0 saturated carbocycles. The summed E-state index contributed by atoms with van der Waals surface area (Å²) in [6.07, 6.45) is 0.738. The third kappa shape index (κ3) is 2.94. The maximum Gasteiger partial charge on any atom is 0.314 e. The number of halogens is 1. The summed E-state index contributed by atoms with van der Waals surface area (Å²) >= 11 is 0. The average molecular weight is 262 g/mol. The number of hydrogen-bond acceptors (Lipinski definition) is 3. The van der Waals surface area contributed by atoms with Crippen LogP contribution < -0.4 is 10.6 Å². The van der Waals surface area contributed by atoms with Gasteiger partial charge in [0.05, 0.1) is 17.3 Å². The van der Waals surface area contributed by atoms with Crippen molar-refractivity contribution < 1.29 is 9.18 Å². The molecule has 2 rings (SSSR count). The van der Waals surface area contributed by atoms with E-state index in [4.69, 9.17) is 11.0 Å². The Kier molecular flexibility index (Phi) is 3.85. The van der Waals surface area contributed by atoms with E-state index in [1.165, 1.54) is 6.07 Å². The topological polar surface area (TPSA) is 73.4 Å². The number of benzene rings is 1. The first kappa shape index (κ1) is 13.1. The van der Waals surface area contributed by atoms with Crippen LogP contribution in [-0.2, 0) is 0 Å². The monoisotopic (exact) mass is 262 g/mol. The van der Waals surface area contributed by atoms with Crippen molar-refractivity contribution in [1.29, 1.82) is 5.26 Å². The zero-order valence-electron chi connectivity index (χ0n) is 10.5. The smallest absolute Gasteiger partial charge is 0.314 e. The highest BCUT2D eigenvalue weighted by molar-refractivity contribution is 5.72. The van der Waals surface area contributed by atoms with Crippen molar-refractivity contribution in [1.82, 2.24) is 4.90 Å². The van der Waals surface area contributed by atoms with Crippen molar-refractivity contribution in [2.24, 2.45) is 5.73 Å². The van der Waals surface area contributed by atoms with Crippen LogP contribution in [0.4, 0.5) is 14.9 Å². The van der Waals surface area contributed by atoms with Gasteiger partial charge in [-0.25, -0.2) is 9.18 Å². The highest BCUT2D eigenvalue weighted by Gasteiger charge is 2.19. The van der Waals surface area contributed by atoms with Crippen LogP contribution in [0.15, 0.2) is 18.2 Å². The van der Waals surface area contributed by atoms with E-state index in [9.17, 15) is 9.18 Å². The molecule has 5 nitrogen and oxygen atoms in total. The normalized spacial score (nSPS) is 15.8. The number of primary amides is 1. The summed E-state index contributed by atoms with van der Waals surface area (Å²) in [6.45, 7) is 2.26. The Labute approximate surface area is 111 Å². The predicted molar refractivity (Wildman–Crippen MR) is 69.1 cm³/mol. The molecule has 6 heteroatoms. The first-order valence-corrected chi connectivity index (χ1v) is 6.11. The SMILES string of the molecule is N#Cc1ccc(N2CCCN(C(N)=O)CC2)c(F)c1. The highest BCUT2D eigenvalue weighted by atomic mass is 19.1. The summed E-state index contributed by atoms with van der Waals surface area (Å²) < 4.78 is 13.9. The Morgan fingerprint density at radius 3 is 2.74 bits per heavy atom. The van der Waals surface area contributed by atoms with E-state index in [0.717, 1.165) is 6.42 Å². The number of rotatable bonds is 1. The summed E-state index contributed by atoms with van der Waals surface area (Å²) in [5, 5.41) is 8.72. The molecular weight excluding hydrogens is 247 g/mol. The summed E-state index contributed by atoms with van der Waals surface area (Å²) in [5.41, 5.74) is 6.01. The largest absolute Gasteiger partial charge is 0.367 e. The number of amides is 2. The third-order valence-electron chi connectivity index (χ3n) is 3.23. The fraction of sp³-hybridized carbons (Fsp3) is 0.385. The minimum Gasteiger partial charge on any atom is -0.367 e. The first-order chi connectivity index (χ1) is 9.11. The van der Waals surface area contributed by atoms with E-state index >= 15 is 0 Å². The first-order valence-electron chi connectivity index (χ1n) is 6.11. The molecule has 1 saturated heterocycles. The van der Waals surface area contributed by atoms with Gasteiger partial charge < -0.3 is 15.5 Å². The number of nitrogens with two attached hydrogens (primary N) is 1. The summed E-state index contributed by atoms with van der Waals surface area (Å²) in [4.78, 5) is 14.6. The Bertz CT molecular complexity index is 526. The molecule has 0 radical (unpaired) electrons. The van der Waals surface area contributed by atoms with Crippen LogP contribution in [-0.4, -0.2) is 37.1 Å². The van der Waals surface area contributed by atoms with Crippen molar-refractivity contribution in [3.8, 4) is 6.07 Å². The number of nitriles is 1. The lowest BCUT2D eigenvalue weighted by atomic mass is 10.2. The molecule has 0 aromatic heterocycles. The Hall–Kier alpha value is -2.29. The van der Waals surface area contributed by atoms with Gasteiger partial charge in [0.25, 0.3) is 0 Å². The van der Waals surface area contributed by atoms with Crippen molar-refractivity contribution in [3.05, 3.63) is 29.6 Å². The maximum absolute atomic E-state index is 13.9. The van der Waals surface area contributed by atoms with Crippen LogP contribution in [0.3, 0.4) is 0 Å². The minimum atomic E-state index is -0.442. The van der Waals surface area contributed by atoms with Crippen molar-refractivity contribution >= 4 is 11.7 Å². The van der Waals surface area contributed by atoms with Crippen LogP contribution in [0.2, 0.25) is 0 Å². The Morgan fingerprint density at radius 2 is 2.11 bits per heavy atom. The number of nitrogens with zero attached hydrogens (tertiary/aromatic N) is 3. The predicted octanol–water partition coefficient (Wildman–Crippen LogP) is 1.29. The quantitative estimate of drug-likeness (QED) is 0.828. The van der Waals surface area contributed by atoms with Crippen molar-refractivity contribution in [2.75, 3.05) is 31.1 Å². The van der Waals surface area contributed by atoms with Crippen LogP contribution in [0.25, 0.3) is 0 Å². The molecule has 0 spiro atoms. The number of carbonyl (C=O) groups is 1. The zero-order valence-corrected chi connectivity index (χ0v) is 10.5. The van der Waals surface area contributed by atoms with Gasteiger partial charge >= 0.3 is 6.03 Å². The van der Waals surface area contributed by atoms with Gasteiger partial charge in [0, 0.05) is 26.2 Å². The fourth-order valence-corrected chi connectivity index (χ4v) is 2.21. The summed E-state index contributed by atoms with van der Waals surface area (Å²) in [7, 11) is 0. The molecule has 1 aromatic rings. The second-order valence-corrected chi connectivity index (χ2v) is 4.44. The second-order valence-electron chi connectivity index (χ2n) is 4.44. The zero-order chi connectivity index (χ0) is 13.8. The molecule has 0 bridgehead atoms. The number of anilines is 1. The third-order valence-corrected chi connectivity index (χ3v) is 3.23. The van der Waals surface area contributed by atoms with Gasteiger partial charge in [-0.1, -0.05) is 0 Å². The van der Waals surface area contributed by atoms with E-state index < -0.39 is 11.8 Å². The average Bonchev–Trinajstić information content (AvgIpc) is 2.64. The molecule has 0 aliphatic carbocycles. The lowest BCUT2D eigenvalue weighted by Gasteiger charge is -2.23. The van der Waals surface area contributed by atoms with Crippen LogP contribution in [0, 0.1) is 17.1 Å². The summed E-state index contributed by atoms with van der Waals surface area (Å²) in [6, 6.07) is 5.89. The van der Waals surface area contributed by atoms with E-state index in [1.807, 2.05) is 11.0 Å². The molecule has 2 N–H and O–H groups in total. The van der Waals surface area contributed by atoms with Gasteiger partial charge in [0.2, 0.25) is 0 Å². The van der Waals surface area contributed by atoms with Crippen LogP contribution in [0.1, 0.15) is 12.0 Å². The van der Waals surface area contributed by atoms with Crippen LogP contribution >= 0.6 is 0 Å². The molecule has 2 amide bonds. The van der Waals surface area contributed by atoms with E-state index in [2.05, 4.69) is 0 Å². The summed E-state index contributed by atoms with van der Waals surface area (Å²) in [5.74, 6) is -0.411. The van der Waals surface area contributed by atoms with Gasteiger partial charge in [-0.2, -0.15) is 5.26 Å². The number of urea groups is 1. The lowest BCUT2D eigenvalue weighted by molar-refractivity contribution is 0.211.